The summed E-state index contributed by atoms with van der Waals surface area (Å²) in [7, 11) is 0. The maximum atomic E-state index is 12.9. The summed E-state index contributed by atoms with van der Waals surface area (Å²) in [6, 6.07) is 9.05. The van der Waals surface area contributed by atoms with Gasteiger partial charge in [-0.2, -0.15) is 10.1 Å². The number of carboxylic acid groups (broad SMARTS) is 1. The number of halogens is 1. The zero-order valence-corrected chi connectivity index (χ0v) is 16.7. The molecular formula is C20H17BrN2O5. The molecule has 0 aromatic heterocycles. The Labute approximate surface area is 169 Å². The minimum Gasteiger partial charge on any atom is -0.504 e. The molecule has 0 atom stereocenters. The molecular weight excluding hydrogens is 428 g/mol. The minimum absolute atomic E-state index is 0.000778. The van der Waals surface area contributed by atoms with Crippen LogP contribution in [0, 0.1) is 0 Å². The lowest BCUT2D eigenvalue weighted by Crippen LogP contribution is -2.21. The predicted octanol–water partition coefficient (Wildman–Crippen LogP) is 4.06. The number of anilines is 1. The number of phenolic OH excluding ortho intramolecular Hbond substituents is 1. The van der Waals surface area contributed by atoms with Crippen LogP contribution in [0.2, 0.25) is 0 Å². The highest BCUT2D eigenvalue weighted by Crippen LogP contribution is 2.35. The second kappa shape index (κ2) is 7.85. The Bertz CT molecular complexity index is 1010. The molecule has 0 saturated heterocycles. The quantitative estimate of drug-likeness (QED) is 0.677. The second-order valence-electron chi connectivity index (χ2n) is 5.99. The molecule has 8 heteroatoms. The van der Waals surface area contributed by atoms with Gasteiger partial charge >= 0.3 is 5.97 Å². The van der Waals surface area contributed by atoms with Crippen molar-refractivity contribution in [3.05, 3.63) is 57.6 Å². The molecule has 2 aromatic carbocycles. The van der Waals surface area contributed by atoms with Crippen molar-refractivity contribution in [2.75, 3.05) is 11.6 Å². The first-order valence-corrected chi connectivity index (χ1v) is 9.21. The van der Waals surface area contributed by atoms with Crippen molar-refractivity contribution >= 4 is 45.3 Å². The van der Waals surface area contributed by atoms with E-state index in [1.807, 2.05) is 6.92 Å². The highest BCUT2D eigenvalue weighted by molar-refractivity contribution is 9.10. The molecule has 2 N–H and O–H groups in total. The number of hydrazone groups is 1. The van der Waals surface area contributed by atoms with Crippen LogP contribution in [0.25, 0.3) is 6.08 Å². The van der Waals surface area contributed by atoms with Gasteiger partial charge < -0.3 is 14.9 Å². The molecule has 0 aliphatic carbocycles. The Hall–Kier alpha value is -3.13. The van der Waals surface area contributed by atoms with Gasteiger partial charge in [0.05, 0.1) is 29.1 Å². The van der Waals surface area contributed by atoms with Crippen LogP contribution in [0.5, 0.6) is 11.5 Å². The van der Waals surface area contributed by atoms with Gasteiger partial charge in [0.15, 0.2) is 11.5 Å². The number of benzene rings is 2. The van der Waals surface area contributed by atoms with E-state index in [0.29, 0.717) is 39.4 Å². The number of hydrogen-bond acceptors (Lipinski definition) is 5. The fourth-order valence-corrected chi connectivity index (χ4v) is 3.15. The van der Waals surface area contributed by atoms with Crippen LogP contribution in [0.15, 0.2) is 51.5 Å². The number of carbonyl (C=O) groups is 2. The Balaban J connectivity index is 1.94. The topological polar surface area (TPSA) is 99.4 Å². The highest BCUT2D eigenvalue weighted by atomic mass is 79.9. The van der Waals surface area contributed by atoms with Crippen LogP contribution in [-0.2, 0) is 4.79 Å². The Morgan fingerprint density at radius 3 is 2.57 bits per heavy atom. The van der Waals surface area contributed by atoms with E-state index < -0.39 is 5.97 Å². The third-order valence-electron chi connectivity index (χ3n) is 4.10. The van der Waals surface area contributed by atoms with Crippen molar-refractivity contribution in [3.8, 4) is 11.5 Å². The van der Waals surface area contributed by atoms with Crippen molar-refractivity contribution in [3.63, 3.8) is 0 Å². The smallest absolute Gasteiger partial charge is 0.335 e. The van der Waals surface area contributed by atoms with E-state index in [2.05, 4.69) is 21.0 Å². The number of phenols is 1. The van der Waals surface area contributed by atoms with Gasteiger partial charge in [-0.15, -0.1) is 0 Å². The van der Waals surface area contributed by atoms with Crippen LogP contribution >= 0.6 is 15.9 Å². The Kier molecular flexibility index (Phi) is 5.51. The summed E-state index contributed by atoms with van der Waals surface area (Å²) in [5, 5.41) is 24.5. The average molecular weight is 445 g/mol. The number of carboxylic acids is 1. The van der Waals surface area contributed by atoms with E-state index in [1.165, 1.54) is 35.3 Å². The largest absolute Gasteiger partial charge is 0.504 e. The fraction of sp³-hybridized carbons (Fsp3) is 0.150. The van der Waals surface area contributed by atoms with E-state index in [4.69, 9.17) is 9.84 Å². The summed E-state index contributed by atoms with van der Waals surface area (Å²) >= 11 is 3.38. The van der Waals surface area contributed by atoms with Gasteiger partial charge in [0, 0.05) is 4.47 Å². The molecule has 0 fully saturated rings. The summed E-state index contributed by atoms with van der Waals surface area (Å²) < 4.78 is 6.00. The number of rotatable bonds is 5. The first-order chi connectivity index (χ1) is 13.3. The van der Waals surface area contributed by atoms with Crippen LogP contribution < -0.4 is 9.75 Å². The molecule has 0 radical (unpaired) electrons. The summed E-state index contributed by atoms with van der Waals surface area (Å²) in [4.78, 5) is 23.8. The van der Waals surface area contributed by atoms with Gasteiger partial charge in [0.1, 0.15) is 0 Å². The summed E-state index contributed by atoms with van der Waals surface area (Å²) in [6.07, 6.45) is 1.67. The van der Waals surface area contributed by atoms with E-state index >= 15 is 0 Å². The molecule has 1 aliphatic heterocycles. The van der Waals surface area contributed by atoms with E-state index in [1.54, 1.807) is 19.1 Å². The lowest BCUT2D eigenvalue weighted by Gasteiger charge is -2.12. The number of aromatic carboxylic acids is 1. The van der Waals surface area contributed by atoms with Crippen molar-refractivity contribution in [1.82, 2.24) is 0 Å². The van der Waals surface area contributed by atoms with Gasteiger partial charge in [-0.3, -0.25) is 4.79 Å². The second-order valence-corrected chi connectivity index (χ2v) is 6.84. The highest BCUT2D eigenvalue weighted by Gasteiger charge is 2.29. The molecule has 1 aliphatic rings. The van der Waals surface area contributed by atoms with E-state index in [9.17, 15) is 14.7 Å². The number of aromatic hydroxyl groups is 1. The standard InChI is InChI=1S/C20H17BrN2O5/c1-3-28-18-9-13(16(21)10-17(18)24)8-15-11(2)22-23(19(15)25)14-6-4-12(5-7-14)20(26)27/h4-10,24H,3H2,1-2H3,(H,26,27)/b15-8-. The molecule has 0 spiro atoms. The number of carbonyl (C=O) groups excluding carboxylic acids is 1. The first-order valence-electron chi connectivity index (χ1n) is 8.42. The zero-order valence-electron chi connectivity index (χ0n) is 15.1. The monoisotopic (exact) mass is 444 g/mol. The number of ether oxygens (including phenoxy) is 1. The van der Waals surface area contributed by atoms with Gasteiger partial charge in [-0.25, -0.2) is 4.79 Å². The van der Waals surface area contributed by atoms with Gasteiger partial charge in [-0.1, -0.05) is 15.9 Å². The minimum atomic E-state index is -1.04. The van der Waals surface area contributed by atoms with Crippen LogP contribution in [0.4, 0.5) is 5.69 Å². The van der Waals surface area contributed by atoms with Crippen molar-refractivity contribution < 1.29 is 24.5 Å². The van der Waals surface area contributed by atoms with Crippen LogP contribution in [-0.4, -0.2) is 34.4 Å². The van der Waals surface area contributed by atoms with Crippen molar-refractivity contribution in [1.29, 1.82) is 0 Å². The SMILES string of the molecule is CCOc1cc(/C=C2\C(=O)N(c3ccc(C(=O)O)cc3)N=C2C)c(Br)cc1O. The lowest BCUT2D eigenvalue weighted by molar-refractivity contribution is -0.114. The van der Waals surface area contributed by atoms with Gasteiger partial charge in [0.2, 0.25) is 0 Å². The molecule has 0 unspecified atom stereocenters. The summed E-state index contributed by atoms with van der Waals surface area (Å²) in [6.45, 7) is 3.92. The maximum absolute atomic E-state index is 12.9. The molecule has 144 valence electrons. The normalized spacial score (nSPS) is 15.1. The van der Waals surface area contributed by atoms with E-state index in [-0.39, 0.29) is 17.2 Å². The molecule has 28 heavy (non-hydrogen) atoms. The lowest BCUT2D eigenvalue weighted by atomic mass is 10.1. The van der Waals surface area contributed by atoms with Gasteiger partial charge in [-0.05, 0) is 61.9 Å². The first kappa shape index (κ1) is 19.6. The average Bonchev–Trinajstić information content (AvgIpc) is 2.94. The number of hydrogen-bond donors (Lipinski definition) is 2. The van der Waals surface area contributed by atoms with E-state index in [0.717, 1.165) is 0 Å². The van der Waals surface area contributed by atoms with Crippen molar-refractivity contribution in [2.45, 2.75) is 13.8 Å². The third-order valence-corrected chi connectivity index (χ3v) is 4.79. The summed E-state index contributed by atoms with van der Waals surface area (Å²) in [5.74, 6) is -1.06. The van der Waals surface area contributed by atoms with Crippen molar-refractivity contribution in [2.24, 2.45) is 5.10 Å². The Morgan fingerprint density at radius 1 is 1.29 bits per heavy atom. The summed E-state index contributed by atoms with van der Waals surface area (Å²) in [5.41, 5.74) is 2.16. The molecule has 0 saturated carbocycles. The fourth-order valence-electron chi connectivity index (χ4n) is 2.70. The Morgan fingerprint density at radius 2 is 1.96 bits per heavy atom. The zero-order chi connectivity index (χ0) is 20.4. The molecule has 0 bridgehead atoms. The number of nitrogens with zero attached hydrogens (tertiary/aromatic N) is 2. The van der Waals surface area contributed by atoms with Gasteiger partial charge in [0.25, 0.3) is 5.91 Å². The predicted molar refractivity (Wildman–Crippen MR) is 109 cm³/mol. The molecule has 1 heterocycles. The third kappa shape index (κ3) is 3.77. The number of amides is 1. The molecule has 3 rings (SSSR count). The van der Waals surface area contributed by atoms with Crippen LogP contribution in [0.1, 0.15) is 29.8 Å². The van der Waals surface area contributed by atoms with Crippen LogP contribution in [0.3, 0.4) is 0 Å². The maximum Gasteiger partial charge on any atom is 0.335 e. The molecule has 7 nitrogen and oxygen atoms in total. The molecule has 2 aromatic rings. The molecule has 1 amide bonds.